The van der Waals surface area contributed by atoms with Gasteiger partial charge >= 0.3 is 34.8 Å². The Bertz CT molecular complexity index is 5000. The summed E-state index contributed by atoms with van der Waals surface area (Å²) in [5, 5.41) is 18.2. The Balaban J connectivity index is 0.774. The number of carbonyl (C=O) groups excluding carboxylic acids is 5. The summed E-state index contributed by atoms with van der Waals surface area (Å²) in [4.78, 5) is 144. The lowest BCUT2D eigenvalue weighted by Crippen LogP contribution is -2.48. The number of unbranched alkanes of at least 4 members (excludes halogenated alkanes) is 4. The van der Waals surface area contributed by atoms with Crippen LogP contribution in [0.15, 0.2) is 150 Å². The number of allylic oxidation sites excluding steroid dienone is 6. The van der Waals surface area contributed by atoms with Gasteiger partial charge in [0.2, 0.25) is 11.8 Å². The van der Waals surface area contributed by atoms with Gasteiger partial charge in [-0.25, -0.2) is 28.3 Å². The number of rotatable bonds is 40. The Kier molecular flexibility index (Phi) is 29.9. The molecule has 3 amide bonds. The molecule has 3 aromatic heterocycles. The Morgan fingerprint density at radius 1 is 0.832 bits per heavy atom. The Hall–Kier alpha value is -10.3. The lowest BCUT2D eigenvalue weighted by atomic mass is 10.0. The van der Waals surface area contributed by atoms with Gasteiger partial charge in [-0.15, -0.1) is 0 Å². The summed E-state index contributed by atoms with van der Waals surface area (Å²) in [5.41, 5.74) is 23.9. The van der Waals surface area contributed by atoms with Gasteiger partial charge in [0.1, 0.15) is 66.5 Å². The van der Waals surface area contributed by atoms with Gasteiger partial charge < -0.3 is 74.4 Å². The van der Waals surface area contributed by atoms with Crippen LogP contribution < -0.4 is 43.1 Å². The van der Waals surface area contributed by atoms with Crippen molar-refractivity contribution in [2.45, 2.75) is 88.5 Å². The predicted molar refractivity (Wildman–Crippen MR) is 377 cm³/mol. The number of nitrogens with one attached hydrogen (secondary N) is 4. The molecule has 7 unspecified atom stereocenters. The molecule has 1 fully saturated rings. The number of azide groups is 2. The summed E-state index contributed by atoms with van der Waals surface area (Å²) in [7, 11) is -21.3. The maximum absolute atomic E-state index is 13.9. The SMILES string of the molecule is [N-]=[N+]=NCOC1CC(n2cc(C#CCNC(=O)COC(COc3cccc(C(=O)CCCCCCCC(=O)C(CNC(=O)C4=C/C=C\C=C/C=C4)NC(=O)c4ccc5oc(-c6cc7ccc(NCCCS(=O)(=O)O)cc7oc6=O)nc5c4)c3)N=[N+]=[N-])c(N)nc2=O)OC1COP(=O)(O)OP(=O)(O)OP(=O)(O)O. The third-order valence-electron chi connectivity index (χ3n) is 15.2. The second kappa shape index (κ2) is 38.8. The number of hydrogen-bond donors (Lipinski definition) is 10. The molecule has 1 saturated heterocycles. The third-order valence-corrected chi connectivity index (χ3v) is 19.8. The molecule has 568 valence electrons. The Labute approximate surface area is 605 Å². The van der Waals surface area contributed by atoms with Gasteiger partial charge in [-0.1, -0.05) is 83.8 Å². The molecular formula is C63H69N14O26P3S. The molecule has 107 heavy (non-hydrogen) atoms. The van der Waals surface area contributed by atoms with Crippen molar-refractivity contribution in [2.75, 3.05) is 63.0 Å². The van der Waals surface area contributed by atoms with Crippen molar-refractivity contribution in [1.29, 1.82) is 0 Å². The van der Waals surface area contributed by atoms with E-state index in [2.05, 4.69) is 76.3 Å². The van der Waals surface area contributed by atoms with Crippen LogP contribution in [0.3, 0.4) is 0 Å². The highest BCUT2D eigenvalue weighted by atomic mass is 32.2. The van der Waals surface area contributed by atoms with Gasteiger partial charge in [0.15, 0.2) is 23.4 Å². The number of nitrogen functional groups attached to an aromatic ring is 1. The molecule has 0 radical (unpaired) electrons. The van der Waals surface area contributed by atoms with Crippen LogP contribution in [0.4, 0.5) is 11.5 Å². The van der Waals surface area contributed by atoms with Crippen molar-refractivity contribution in [1.82, 2.24) is 30.5 Å². The normalized spacial score (nSPS) is 17.2. The lowest BCUT2D eigenvalue weighted by molar-refractivity contribution is -0.128. The fourth-order valence-corrected chi connectivity index (χ4v) is 13.7. The molecule has 11 N–H and O–H groups in total. The van der Waals surface area contributed by atoms with Crippen LogP contribution in [0.5, 0.6) is 5.75 Å². The molecule has 3 aromatic carbocycles. The second-order valence-electron chi connectivity index (χ2n) is 23.0. The molecule has 0 spiro atoms. The number of phosphoric ester groups is 1. The highest BCUT2D eigenvalue weighted by Crippen LogP contribution is 2.66. The Morgan fingerprint density at radius 2 is 1.60 bits per heavy atom. The maximum Gasteiger partial charge on any atom is 0.490 e. The molecular weight excluding hydrogens is 1490 g/mol. The minimum absolute atomic E-state index is 0.00999. The lowest BCUT2D eigenvalue weighted by Gasteiger charge is -2.21. The summed E-state index contributed by atoms with van der Waals surface area (Å²) < 4.78 is 113. The number of nitrogens with two attached hydrogens (primary N) is 1. The summed E-state index contributed by atoms with van der Waals surface area (Å²) in [5.74, 6) is 2.13. The molecule has 0 bridgehead atoms. The van der Waals surface area contributed by atoms with E-state index in [-0.39, 0.29) is 114 Å². The summed E-state index contributed by atoms with van der Waals surface area (Å²) in [6.45, 7) is -3.01. The summed E-state index contributed by atoms with van der Waals surface area (Å²) >= 11 is 0. The molecule has 0 saturated carbocycles. The van der Waals surface area contributed by atoms with E-state index in [1.807, 2.05) is 0 Å². The van der Waals surface area contributed by atoms with Crippen molar-refractivity contribution in [3.63, 3.8) is 0 Å². The van der Waals surface area contributed by atoms with Gasteiger partial charge in [-0.05, 0) is 91.0 Å². The number of aromatic nitrogens is 3. The first kappa shape index (κ1) is 82.4. The number of ether oxygens (including phenoxy) is 4. The zero-order valence-corrected chi connectivity index (χ0v) is 59.5. The number of oxazole rings is 1. The van der Waals surface area contributed by atoms with Gasteiger partial charge in [0.25, 0.3) is 21.9 Å². The van der Waals surface area contributed by atoms with Crippen LogP contribution in [0.1, 0.15) is 90.3 Å². The van der Waals surface area contributed by atoms with Crippen LogP contribution >= 0.6 is 23.5 Å². The smallest absolute Gasteiger partial charge is 0.490 e. The fourth-order valence-electron chi connectivity index (χ4n) is 10.2. The van der Waals surface area contributed by atoms with E-state index in [0.717, 1.165) is 10.8 Å². The monoisotopic (exact) mass is 1560 g/mol. The van der Waals surface area contributed by atoms with Crippen LogP contribution in [0.2, 0.25) is 0 Å². The van der Waals surface area contributed by atoms with Gasteiger partial charge in [0.05, 0.1) is 30.6 Å². The molecule has 1 aliphatic heterocycles. The summed E-state index contributed by atoms with van der Waals surface area (Å²) in [6.07, 6.45) is 10.6. The van der Waals surface area contributed by atoms with Crippen molar-refractivity contribution in [2.24, 2.45) is 10.2 Å². The number of ketones is 2. The number of anilines is 2. The van der Waals surface area contributed by atoms with Crippen LogP contribution in [-0.2, 0) is 65.6 Å². The number of benzene rings is 3. The average Bonchev–Trinajstić information content (AvgIpc) is 1.54. The minimum atomic E-state index is -5.87. The van der Waals surface area contributed by atoms with E-state index >= 15 is 0 Å². The standard InChI is InChI=1S/C63H69N14O26P3S/c64-58-43(34-77(63(84)73-58)57-32-53(97-38-70-75-65)54(99-57)35-98-105(88,89)103-106(90,91)102-104(85,86)87)17-12-25-68-55(80)36-96-56(74-76-66)37-95-45-18-11-16-40(28-45)49(78)19-9-5-2-6-10-20-50(79)48(33-69-59(81)39-14-7-3-1-4-8-15-39)71-60(82)42-22-24-51-47(30-42)72-61(100-51)46-29-41-21-23-44(31-52(41)101-62(46)83)67-26-13-27-107(92,93)94/h1,3-4,7-8,11,14-16,18,21-24,28-31,34,48,53-54,56-57,67H,2,5-6,9-10,13,19-20,25-27,32-33,35-38H2,(H,68,80)(H,69,81)(H,71,82)(H,88,89)(H,90,91)(H2,64,73,84)(H2,85,86,87)(H,92,93,94)/b3-1-,4-1?,7-3?,8-4-,14-7?,15-8?,39-14?,39-15?. The van der Waals surface area contributed by atoms with Crippen LogP contribution in [0, 0.1) is 11.8 Å². The number of phosphoric acid groups is 3. The number of nitrogens with zero attached hydrogens (tertiary/aromatic N) is 9. The summed E-state index contributed by atoms with van der Waals surface area (Å²) in [6, 6.07) is 15.8. The Morgan fingerprint density at radius 3 is 2.36 bits per heavy atom. The number of hydrogen-bond acceptors (Lipinski definition) is 27. The molecule has 2 aliphatic rings. The second-order valence-corrected chi connectivity index (χ2v) is 29.0. The molecule has 6 aromatic rings. The first-order chi connectivity index (χ1) is 50.9. The molecule has 40 nitrogen and oxygen atoms in total. The average molecular weight is 1560 g/mol. The molecule has 44 heteroatoms. The van der Waals surface area contributed by atoms with E-state index in [4.69, 9.17) is 53.4 Å². The largest absolute Gasteiger partial charge is 0.491 e. The first-order valence-electron chi connectivity index (χ1n) is 32.1. The molecule has 7 atom stereocenters. The van der Waals surface area contributed by atoms with Crippen LogP contribution in [-0.4, -0.2) is 153 Å². The maximum atomic E-state index is 13.9. The highest BCUT2D eigenvalue weighted by molar-refractivity contribution is 7.85. The predicted octanol–water partition coefficient (Wildman–Crippen LogP) is 6.92. The van der Waals surface area contributed by atoms with Crippen molar-refractivity contribution in [3.05, 3.63) is 180 Å². The number of fused-ring (bicyclic) bond motifs is 2. The topological polar surface area (TPSA) is 599 Å². The van der Waals surface area contributed by atoms with Gasteiger partial charge in [-0.3, -0.25) is 37.6 Å². The van der Waals surface area contributed by atoms with Gasteiger partial charge in [-0.2, -0.15) is 22.0 Å². The molecule has 4 heterocycles. The minimum Gasteiger partial charge on any atom is -0.491 e. The van der Waals surface area contributed by atoms with Crippen LogP contribution in [0.25, 0.3) is 54.4 Å². The van der Waals surface area contributed by atoms with E-state index in [9.17, 15) is 71.0 Å². The third kappa shape index (κ3) is 26.6. The van der Waals surface area contributed by atoms with Crippen molar-refractivity contribution in [3.8, 4) is 29.0 Å². The number of carbonyl (C=O) groups is 5. The molecule has 8 rings (SSSR count). The van der Waals surface area contributed by atoms with E-state index in [0.29, 0.717) is 54.3 Å². The zero-order valence-electron chi connectivity index (χ0n) is 56.0. The number of amides is 3. The van der Waals surface area contributed by atoms with Crippen molar-refractivity contribution < 1.29 is 111 Å². The highest BCUT2D eigenvalue weighted by Gasteiger charge is 2.44. The number of Topliss-reactive ketones (excluding diaryl/α,β-unsaturated/α-hetero) is 2. The zero-order chi connectivity index (χ0) is 77.3. The van der Waals surface area contributed by atoms with Gasteiger partial charge in [0, 0.05) is 82.2 Å². The van der Waals surface area contributed by atoms with Crippen molar-refractivity contribution >= 4 is 96.4 Å². The molecule has 1 aliphatic carbocycles. The first-order valence-corrected chi connectivity index (χ1v) is 38.2. The van der Waals surface area contributed by atoms with E-state index in [1.54, 1.807) is 78.9 Å². The fraction of sp³-hybridized carbons (Fsp3) is 0.349. The van der Waals surface area contributed by atoms with E-state index < -0.39 is 119 Å². The van der Waals surface area contributed by atoms with E-state index in [1.165, 1.54) is 30.3 Å². The quantitative estimate of drug-likeness (QED) is 0.00215.